The summed E-state index contributed by atoms with van der Waals surface area (Å²) in [5.41, 5.74) is 3.31. The van der Waals surface area contributed by atoms with Gasteiger partial charge in [-0.15, -0.1) is 0 Å². The van der Waals surface area contributed by atoms with Crippen LogP contribution in [0.15, 0.2) is 83.7 Å². The molecule has 0 radical (unpaired) electrons. The molecule has 2 aromatic carbocycles. The molecule has 0 aliphatic heterocycles. The number of pyridine rings is 1. The smallest absolute Gasteiger partial charge is 0.273 e. The van der Waals surface area contributed by atoms with E-state index in [0.717, 1.165) is 16.7 Å². The van der Waals surface area contributed by atoms with Crippen LogP contribution < -0.4 is 5.32 Å². The van der Waals surface area contributed by atoms with Gasteiger partial charge in [0.1, 0.15) is 6.26 Å². The van der Waals surface area contributed by atoms with Gasteiger partial charge in [-0.05, 0) is 41.8 Å². The van der Waals surface area contributed by atoms with Gasteiger partial charge in [0.2, 0.25) is 5.89 Å². The minimum Gasteiger partial charge on any atom is -0.447 e. The minimum absolute atomic E-state index is 0.0606. The van der Waals surface area contributed by atoms with E-state index in [2.05, 4.69) is 39.2 Å². The van der Waals surface area contributed by atoms with Crippen molar-refractivity contribution in [3.05, 3.63) is 118 Å². The van der Waals surface area contributed by atoms with Gasteiger partial charge in [0.05, 0.1) is 16.6 Å². The lowest BCUT2D eigenvalue weighted by molar-refractivity contribution is 0.0945. The lowest BCUT2D eigenvalue weighted by atomic mass is 10.1. The molecule has 0 saturated heterocycles. The number of aromatic nitrogens is 2. The molecule has 0 spiro atoms. The van der Waals surface area contributed by atoms with Crippen molar-refractivity contribution in [3.63, 3.8) is 0 Å². The van der Waals surface area contributed by atoms with E-state index in [9.17, 15) is 4.79 Å². The van der Waals surface area contributed by atoms with E-state index in [-0.39, 0.29) is 17.6 Å². The molecular weight excluding hydrogens is 471 g/mol. The molecule has 6 nitrogen and oxygen atoms in total. The Morgan fingerprint density at radius 1 is 1.03 bits per heavy atom. The predicted octanol–water partition coefficient (Wildman–Crippen LogP) is 6.07. The topological polar surface area (TPSA) is 71.3 Å². The summed E-state index contributed by atoms with van der Waals surface area (Å²) in [5.74, 6) is 0.153. The molecule has 174 valence electrons. The monoisotopic (exact) mass is 494 g/mol. The number of hydrogen-bond acceptors (Lipinski definition) is 5. The highest BCUT2D eigenvalue weighted by Gasteiger charge is 2.21. The number of hydrogen-bond donors (Lipinski definition) is 1. The Bertz CT molecular complexity index is 1230. The summed E-state index contributed by atoms with van der Waals surface area (Å²) in [6.45, 7) is 3.49. The van der Waals surface area contributed by atoms with Crippen molar-refractivity contribution in [1.82, 2.24) is 20.2 Å². The number of halogens is 2. The number of rotatable bonds is 9. The van der Waals surface area contributed by atoms with E-state index >= 15 is 0 Å². The maximum Gasteiger partial charge on any atom is 0.273 e. The number of carbonyl (C=O) groups is 1. The van der Waals surface area contributed by atoms with Crippen molar-refractivity contribution in [2.24, 2.45) is 0 Å². The fraction of sp³-hybridized carbons (Fsp3) is 0.192. The molecule has 0 saturated carbocycles. The second-order valence-corrected chi connectivity index (χ2v) is 8.72. The maximum atomic E-state index is 12.5. The van der Waals surface area contributed by atoms with E-state index in [0.29, 0.717) is 35.6 Å². The van der Waals surface area contributed by atoms with Crippen molar-refractivity contribution in [3.8, 4) is 0 Å². The van der Waals surface area contributed by atoms with Crippen molar-refractivity contribution in [2.45, 2.75) is 32.6 Å². The van der Waals surface area contributed by atoms with Gasteiger partial charge in [0.25, 0.3) is 5.91 Å². The molecule has 2 heterocycles. The summed E-state index contributed by atoms with van der Waals surface area (Å²) in [6.07, 6.45) is 4.79. The van der Waals surface area contributed by atoms with Crippen LogP contribution in [0.3, 0.4) is 0 Å². The van der Waals surface area contributed by atoms with Gasteiger partial charge < -0.3 is 9.73 Å². The quantitative estimate of drug-likeness (QED) is 0.305. The third-order valence-electron chi connectivity index (χ3n) is 5.50. The molecule has 0 bridgehead atoms. The predicted molar refractivity (Wildman–Crippen MR) is 132 cm³/mol. The lowest BCUT2D eigenvalue weighted by Crippen LogP contribution is -2.27. The zero-order valence-electron chi connectivity index (χ0n) is 18.6. The van der Waals surface area contributed by atoms with Crippen LogP contribution in [-0.2, 0) is 19.6 Å². The van der Waals surface area contributed by atoms with E-state index in [1.807, 2.05) is 42.5 Å². The molecule has 0 unspecified atom stereocenters. The SMILES string of the molecule is C[C@H](c1ccccc1)N(Cc1ccc(Cl)c(Cl)c1)Cc1nc(C(=O)NCc2cccnc2)co1. The third kappa shape index (κ3) is 6.23. The Kier molecular flexibility index (Phi) is 7.95. The summed E-state index contributed by atoms with van der Waals surface area (Å²) in [6, 6.07) is 19.6. The number of benzene rings is 2. The first-order chi connectivity index (χ1) is 16.5. The van der Waals surface area contributed by atoms with Crippen molar-refractivity contribution >= 4 is 29.1 Å². The zero-order chi connectivity index (χ0) is 23.9. The Balaban J connectivity index is 1.49. The van der Waals surface area contributed by atoms with Crippen LogP contribution in [0.25, 0.3) is 0 Å². The average molecular weight is 495 g/mol. The fourth-order valence-electron chi connectivity index (χ4n) is 3.58. The number of nitrogens with zero attached hydrogens (tertiary/aromatic N) is 3. The lowest BCUT2D eigenvalue weighted by Gasteiger charge is -2.28. The van der Waals surface area contributed by atoms with Crippen LogP contribution in [0.2, 0.25) is 10.0 Å². The Labute approximate surface area is 208 Å². The maximum absolute atomic E-state index is 12.5. The van der Waals surface area contributed by atoms with E-state index in [4.69, 9.17) is 27.6 Å². The summed E-state index contributed by atoms with van der Waals surface area (Å²) >= 11 is 12.3. The first kappa shape index (κ1) is 24.0. The van der Waals surface area contributed by atoms with Gasteiger partial charge in [-0.2, -0.15) is 0 Å². The molecular formula is C26H24Cl2N4O2. The van der Waals surface area contributed by atoms with Gasteiger partial charge in [-0.1, -0.05) is 65.7 Å². The Morgan fingerprint density at radius 2 is 1.85 bits per heavy atom. The standard InChI is InChI=1S/C26H24Cl2N4O2/c1-18(21-7-3-2-4-8-21)32(15-19-9-10-22(27)23(28)12-19)16-25-31-24(17-34-25)26(33)30-14-20-6-5-11-29-13-20/h2-13,17-18H,14-16H2,1H3,(H,30,33)/t18-/m1/s1. The molecule has 0 aliphatic carbocycles. The molecule has 0 fully saturated rings. The van der Waals surface area contributed by atoms with Crippen LogP contribution in [0.5, 0.6) is 0 Å². The van der Waals surface area contributed by atoms with Crippen LogP contribution in [0, 0.1) is 0 Å². The summed E-state index contributed by atoms with van der Waals surface area (Å²) in [5, 5.41) is 3.87. The highest BCUT2D eigenvalue weighted by Crippen LogP contribution is 2.27. The van der Waals surface area contributed by atoms with Gasteiger partial charge in [0, 0.05) is 31.5 Å². The normalized spacial score (nSPS) is 12.0. The van der Waals surface area contributed by atoms with Gasteiger partial charge in [-0.3, -0.25) is 14.7 Å². The molecule has 1 N–H and O–H groups in total. The van der Waals surface area contributed by atoms with E-state index in [1.165, 1.54) is 6.26 Å². The molecule has 1 amide bonds. The van der Waals surface area contributed by atoms with Crippen molar-refractivity contribution < 1.29 is 9.21 Å². The number of oxazole rings is 1. The summed E-state index contributed by atoms with van der Waals surface area (Å²) < 4.78 is 5.66. The van der Waals surface area contributed by atoms with Crippen molar-refractivity contribution in [2.75, 3.05) is 0 Å². The Hall–Kier alpha value is -3.19. The molecule has 4 aromatic rings. The van der Waals surface area contributed by atoms with Gasteiger partial charge in [0.15, 0.2) is 5.69 Å². The number of carbonyl (C=O) groups excluding carboxylic acids is 1. The van der Waals surface area contributed by atoms with Crippen LogP contribution >= 0.6 is 23.2 Å². The highest BCUT2D eigenvalue weighted by molar-refractivity contribution is 6.42. The second kappa shape index (κ2) is 11.3. The van der Waals surface area contributed by atoms with Gasteiger partial charge in [-0.25, -0.2) is 4.98 Å². The number of nitrogens with one attached hydrogen (secondary N) is 1. The summed E-state index contributed by atoms with van der Waals surface area (Å²) in [7, 11) is 0. The first-order valence-electron chi connectivity index (χ1n) is 10.8. The molecule has 1 atom stereocenters. The van der Waals surface area contributed by atoms with Gasteiger partial charge >= 0.3 is 0 Å². The van der Waals surface area contributed by atoms with Crippen molar-refractivity contribution in [1.29, 1.82) is 0 Å². The molecule has 34 heavy (non-hydrogen) atoms. The summed E-state index contributed by atoms with van der Waals surface area (Å²) in [4.78, 5) is 23.2. The molecule has 2 aromatic heterocycles. The average Bonchev–Trinajstić information content (AvgIpc) is 3.34. The Morgan fingerprint density at radius 3 is 2.59 bits per heavy atom. The zero-order valence-corrected chi connectivity index (χ0v) is 20.1. The molecule has 8 heteroatoms. The fourth-order valence-corrected chi connectivity index (χ4v) is 3.90. The number of amides is 1. The van der Waals surface area contributed by atoms with E-state index in [1.54, 1.807) is 18.5 Å². The minimum atomic E-state index is -0.300. The molecule has 0 aliphatic rings. The largest absolute Gasteiger partial charge is 0.447 e. The first-order valence-corrected chi connectivity index (χ1v) is 11.6. The second-order valence-electron chi connectivity index (χ2n) is 7.91. The highest BCUT2D eigenvalue weighted by atomic mass is 35.5. The van der Waals surface area contributed by atoms with E-state index < -0.39 is 0 Å². The van der Waals surface area contributed by atoms with Crippen LogP contribution in [-0.4, -0.2) is 20.8 Å². The third-order valence-corrected chi connectivity index (χ3v) is 6.24. The van der Waals surface area contributed by atoms with Crippen LogP contribution in [0.1, 0.15) is 46.0 Å². The molecule has 4 rings (SSSR count). The van der Waals surface area contributed by atoms with Crippen LogP contribution in [0.4, 0.5) is 0 Å².